The van der Waals surface area contributed by atoms with Gasteiger partial charge in [0, 0.05) is 19.1 Å². The van der Waals surface area contributed by atoms with Gasteiger partial charge in [0.1, 0.15) is 4.90 Å². The molecule has 0 radical (unpaired) electrons. The van der Waals surface area contributed by atoms with Crippen LogP contribution in [0.15, 0.2) is 23.1 Å². The predicted molar refractivity (Wildman–Crippen MR) is 81.6 cm³/mol. The van der Waals surface area contributed by atoms with Crippen molar-refractivity contribution < 1.29 is 8.42 Å². The molecule has 1 aromatic rings. The number of sulfonamides is 1. The van der Waals surface area contributed by atoms with Crippen molar-refractivity contribution in [3.05, 3.63) is 28.8 Å². The first-order chi connectivity index (χ1) is 9.97. The van der Waals surface area contributed by atoms with Crippen LogP contribution in [0.2, 0.25) is 5.02 Å². The van der Waals surface area contributed by atoms with Gasteiger partial charge in [-0.15, -0.1) is 0 Å². The number of hydrogen-bond donors (Lipinski definition) is 1. The molecule has 0 amide bonds. The maximum Gasteiger partial charge on any atom is 0.242 e. The second-order valence-corrected chi connectivity index (χ2v) is 7.16. The third kappa shape index (κ3) is 4.17. The quantitative estimate of drug-likeness (QED) is 0.831. The first-order valence-corrected chi connectivity index (χ1v) is 8.77. The Balaban J connectivity index is 1.99. The van der Waals surface area contributed by atoms with Crippen molar-refractivity contribution in [2.45, 2.75) is 30.7 Å². The summed E-state index contributed by atoms with van der Waals surface area (Å²) in [6, 6.07) is 6.70. The van der Waals surface area contributed by atoms with Crippen LogP contribution in [0.5, 0.6) is 0 Å². The fourth-order valence-corrected chi connectivity index (χ4v) is 3.79. The highest BCUT2D eigenvalue weighted by molar-refractivity contribution is 7.89. The third-order valence-corrected chi connectivity index (χ3v) is 5.45. The number of benzene rings is 1. The van der Waals surface area contributed by atoms with Crippen LogP contribution in [-0.2, 0) is 10.0 Å². The van der Waals surface area contributed by atoms with Crippen LogP contribution >= 0.6 is 11.6 Å². The van der Waals surface area contributed by atoms with E-state index in [1.807, 2.05) is 6.07 Å². The maximum absolute atomic E-state index is 12.2. The number of likely N-dealkylation sites (N-methyl/N-ethyl adjacent to an activating group) is 1. The third-order valence-electron chi connectivity index (χ3n) is 3.51. The van der Waals surface area contributed by atoms with Gasteiger partial charge >= 0.3 is 0 Å². The van der Waals surface area contributed by atoms with E-state index in [1.165, 1.54) is 31.0 Å². The van der Waals surface area contributed by atoms with E-state index in [4.69, 9.17) is 16.9 Å². The van der Waals surface area contributed by atoms with E-state index < -0.39 is 10.0 Å². The summed E-state index contributed by atoms with van der Waals surface area (Å²) >= 11 is 5.94. The average molecular weight is 328 g/mol. The molecule has 0 bridgehead atoms. The van der Waals surface area contributed by atoms with Gasteiger partial charge in [-0.25, -0.2) is 13.1 Å². The van der Waals surface area contributed by atoms with Crippen molar-refractivity contribution in [1.82, 2.24) is 9.62 Å². The van der Waals surface area contributed by atoms with Gasteiger partial charge < -0.3 is 0 Å². The zero-order valence-electron chi connectivity index (χ0n) is 11.8. The first-order valence-electron chi connectivity index (χ1n) is 6.91. The lowest BCUT2D eigenvalue weighted by Gasteiger charge is -2.19. The van der Waals surface area contributed by atoms with E-state index in [-0.39, 0.29) is 9.92 Å². The zero-order chi connectivity index (χ0) is 15.5. The Bertz CT molecular complexity index is 651. The predicted octanol–water partition coefficient (Wildman–Crippen LogP) is 1.97. The Morgan fingerprint density at radius 1 is 1.48 bits per heavy atom. The maximum atomic E-state index is 12.2. The van der Waals surface area contributed by atoms with Crippen molar-refractivity contribution in [1.29, 1.82) is 5.26 Å². The summed E-state index contributed by atoms with van der Waals surface area (Å²) in [5, 5.41) is 8.83. The fourth-order valence-electron chi connectivity index (χ4n) is 2.23. The summed E-state index contributed by atoms with van der Waals surface area (Å²) in [6.07, 6.45) is 2.39. The monoisotopic (exact) mass is 327 g/mol. The van der Waals surface area contributed by atoms with E-state index in [9.17, 15) is 8.42 Å². The Labute approximate surface area is 130 Å². The van der Waals surface area contributed by atoms with Crippen molar-refractivity contribution in [3.8, 4) is 6.07 Å². The van der Waals surface area contributed by atoms with Gasteiger partial charge in [0.2, 0.25) is 10.0 Å². The molecule has 114 valence electrons. The van der Waals surface area contributed by atoms with E-state index in [2.05, 4.69) is 16.5 Å². The van der Waals surface area contributed by atoms with E-state index in [0.717, 1.165) is 6.54 Å². The first kappa shape index (κ1) is 16.2. The molecule has 0 aromatic heterocycles. The lowest BCUT2D eigenvalue weighted by atomic mass is 10.2. The van der Waals surface area contributed by atoms with Crippen LogP contribution in [0.25, 0.3) is 0 Å². The fraction of sp³-hybridized carbons (Fsp3) is 0.500. The van der Waals surface area contributed by atoms with Gasteiger partial charge in [-0.2, -0.15) is 5.26 Å². The highest BCUT2D eigenvalue weighted by atomic mass is 35.5. The number of nitrogens with one attached hydrogen (secondary N) is 1. The number of nitriles is 1. The van der Waals surface area contributed by atoms with E-state index in [1.54, 1.807) is 0 Å². The van der Waals surface area contributed by atoms with Crippen molar-refractivity contribution in [2.24, 2.45) is 0 Å². The Morgan fingerprint density at radius 3 is 2.71 bits per heavy atom. The summed E-state index contributed by atoms with van der Waals surface area (Å²) in [5.41, 5.74) is 0.338. The summed E-state index contributed by atoms with van der Waals surface area (Å²) < 4.78 is 27.0. The lowest BCUT2D eigenvalue weighted by Crippen LogP contribution is -2.36. The summed E-state index contributed by atoms with van der Waals surface area (Å²) in [4.78, 5) is 2.28. The molecule has 2 rings (SSSR count). The van der Waals surface area contributed by atoms with Crippen LogP contribution in [0.4, 0.5) is 0 Å². The second kappa shape index (κ2) is 6.75. The number of halogens is 1. The minimum atomic E-state index is -3.64. The van der Waals surface area contributed by atoms with Gasteiger partial charge in [0.25, 0.3) is 0 Å². The Kier molecular flexibility index (Phi) is 5.22. The molecule has 0 heterocycles. The van der Waals surface area contributed by atoms with Crippen molar-refractivity contribution in [3.63, 3.8) is 0 Å². The molecule has 0 atom stereocenters. The second-order valence-electron chi connectivity index (χ2n) is 5.01. The molecule has 0 spiro atoms. The zero-order valence-corrected chi connectivity index (χ0v) is 13.4. The molecule has 1 aliphatic carbocycles. The Hall–Kier alpha value is -1.13. The standard InChI is InChI=1S/C14H18ClN3O2S/c1-2-18(12-4-5-12)8-7-17-21(19,20)14-6-3-11(10-16)9-13(14)15/h3,6,9,12,17H,2,4-5,7-8H2,1H3. The van der Waals surface area contributed by atoms with Crippen LogP contribution in [-0.4, -0.2) is 39.0 Å². The van der Waals surface area contributed by atoms with Gasteiger partial charge in [-0.1, -0.05) is 18.5 Å². The number of rotatable bonds is 7. The molecule has 21 heavy (non-hydrogen) atoms. The molecular weight excluding hydrogens is 310 g/mol. The average Bonchev–Trinajstić information content (AvgIpc) is 3.27. The van der Waals surface area contributed by atoms with E-state index in [0.29, 0.717) is 24.7 Å². The van der Waals surface area contributed by atoms with Crippen LogP contribution in [0.3, 0.4) is 0 Å². The van der Waals surface area contributed by atoms with Crippen LogP contribution in [0.1, 0.15) is 25.3 Å². The number of nitrogens with zero attached hydrogens (tertiary/aromatic N) is 2. The van der Waals surface area contributed by atoms with Gasteiger partial charge in [-0.05, 0) is 37.6 Å². The van der Waals surface area contributed by atoms with Gasteiger partial charge in [0.05, 0.1) is 16.7 Å². The normalized spacial score (nSPS) is 15.1. The highest BCUT2D eigenvalue weighted by Crippen LogP contribution is 2.26. The van der Waals surface area contributed by atoms with E-state index >= 15 is 0 Å². The van der Waals surface area contributed by atoms with Crippen molar-refractivity contribution >= 4 is 21.6 Å². The molecule has 1 fully saturated rings. The number of hydrogen-bond acceptors (Lipinski definition) is 4. The SMILES string of the molecule is CCN(CCNS(=O)(=O)c1ccc(C#N)cc1Cl)C1CC1. The van der Waals surface area contributed by atoms with Gasteiger partial charge in [-0.3, -0.25) is 4.90 Å². The van der Waals surface area contributed by atoms with Crippen molar-refractivity contribution in [2.75, 3.05) is 19.6 Å². The highest BCUT2D eigenvalue weighted by Gasteiger charge is 2.27. The largest absolute Gasteiger partial charge is 0.299 e. The topological polar surface area (TPSA) is 73.2 Å². The lowest BCUT2D eigenvalue weighted by molar-refractivity contribution is 0.282. The molecule has 1 aromatic carbocycles. The molecule has 0 aliphatic heterocycles. The molecule has 5 nitrogen and oxygen atoms in total. The molecule has 7 heteroatoms. The molecule has 0 saturated heterocycles. The Morgan fingerprint density at radius 2 is 2.19 bits per heavy atom. The summed E-state index contributed by atoms with van der Waals surface area (Å²) in [5.74, 6) is 0. The molecular formula is C14H18ClN3O2S. The minimum Gasteiger partial charge on any atom is -0.299 e. The molecule has 1 saturated carbocycles. The molecule has 1 N–H and O–H groups in total. The summed E-state index contributed by atoms with van der Waals surface area (Å²) in [7, 11) is -3.64. The molecule has 0 unspecified atom stereocenters. The van der Waals surface area contributed by atoms with Crippen LogP contribution < -0.4 is 4.72 Å². The molecule has 1 aliphatic rings. The smallest absolute Gasteiger partial charge is 0.242 e. The minimum absolute atomic E-state index is 0.0117. The summed E-state index contributed by atoms with van der Waals surface area (Å²) in [6.45, 7) is 4.03. The van der Waals surface area contributed by atoms with Gasteiger partial charge in [0.15, 0.2) is 0 Å². The van der Waals surface area contributed by atoms with Crippen LogP contribution in [0, 0.1) is 11.3 Å².